The van der Waals surface area contributed by atoms with E-state index in [2.05, 4.69) is 10.3 Å². The molecule has 1 aromatic heterocycles. The number of benzene rings is 1. The Hall–Kier alpha value is -1.46. The van der Waals surface area contributed by atoms with Gasteiger partial charge in [-0.3, -0.25) is 0 Å². The van der Waals surface area contributed by atoms with E-state index in [1.807, 2.05) is 0 Å². The molecule has 6 heteroatoms. The lowest BCUT2D eigenvalue weighted by Crippen LogP contribution is -2.03. The van der Waals surface area contributed by atoms with Crippen LogP contribution in [0.4, 0.5) is 4.39 Å². The number of hydrogen-bond acceptors (Lipinski definition) is 3. The first-order chi connectivity index (χ1) is 8.19. The van der Waals surface area contributed by atoms with E-state index in [9.17, 15) is 4.39 Å². The van der Waals surface area contributed by atoms with Crippen molar-refractivity contribution in [1.82, 2.24) is 15.0 Å². The molecule has 4 nitrogen and oxygen atoms in total. The van der Waals surface area contributed by atoms with Crippen LogP contribution < -0.4 is 5.73 Å². The molecule has 0 aliphatic rings. The zero-order valence-electron chi connectivity index (χ0n) is 9.11. The van der Waals surface area contributed by atoms with Crippen LogP contribution in [0.15, 0.2) is 24.4 Å². The summed E-state index contributed by atoms with van der Waals surface area (Å²) >= 11 is 5.61. The third kappa shape index (κ3) is 3.01. The summed E-state index contributed by atoms with van der Waals surface area (Å²) in [4.78, 5) is 0. The SMILES string of the molecule is NCCc1cn(Cc2ccc(Cl)c(F)c2)nn1. The number of hydrogen-bond donors (Lipinski definition) is 1. The van der Waals surface area contributed by atoms with Crippen LogP contribution in [0.2, 0.25) is 5.02 Å². The second-order valence-corrected chi connectivity index (χ2v) is 4.10. The standard InChI is InChI=1S/C11H12ClFN4/c12-10-2-1-8(5-11(10)13)6-17-7-9(3-4-14)15-16-17/h1-2,5,7H,3-4,6,14H2. The summed E-state index contributed by atoms with van der Waals surface area (Å²) in [5.41, 5.74) is 7.04. The second-order valence-electron chi connectivity index (χ2n) is 3.69. The fourth-order valence-corrected chi connectivity index (χ4v) is 1.62. The monoisotopic (exact) mass is 254 g/mol. The number of nitrogens with zero attached hydrogens (tertiary/aromatic N) is 3. The zero-order chi connectivity index (χ0) is 12.3. The average Bonchev–Trinajstić information content (AvgIpc) is 2.72. The molecule has 1 heterocycles. The molecule has 0 radical (unpaired) electrons. The summed E-state index contributed by atoms with van der Waals surface area (Å²) in [6.07, 6.45) is 2.49. The molecule has 0 spiro atoms. The Bertz CT molecular complexity index is 512. The van der Waals surface area contributed by atoms with Gasteiger partial charge in [-0.15, -0.1) is 5.10 Å². The van der Waals surface area contributed by atoms with Gasteiger partial charge in [0.25, 0.3) is 0 Å². The van der Waals surface area contributed by atoms with Crippen molar-refractivity contribution >= 4 is 11.6 Å². The smallest absolute Gasteiger partial charge is 0.142 e. The van der Waals surface area contributed by atoms with Gasteiger partial charge in [0.1, 0.15) is 5.82 Å². The van der Waals surface area contributed by atoms with Crippen LogP contribution >= 0.6 is 11.6 Å². The van der Waals surface area contributed by atoms with Crippen LogP contribution in [0.3, 0.4) is 0 Å². The Morgan fingerprint density at radius 2 is 2.24 bits per heavy atom. The van der Waals surface area contributed by atoms with Gasteiger partial charge in [0, 0.05) is 12.6 Å². The van der Waals surface area contributed by atoms with Crippen molar-refractivity contribution in [3.8, 4) is 0 Å². The molecule has 0 saturated carbocycles. The predicted molar refractivity (Wildman–Crippen MR) is 63.3 cm³/mol. The van der Waals surface area contributed by atoms with Crippen LogP contribution in [0.1, 0.15) is 11.3 Å². The maximum absolute atomic E-state index is 13.2. The molecule has 0 unspecified atom stereocenters. The molecule has 90 valence electrons. The van der Waals surface area contributed by atoms with E-state index in [1.165, 1.54) is 12.1 Å². The Balaban J connectivity index is 2.11. The van der Waals surface area contributed by atoms with Gasteiger partial charge >= 0.3 is 0 Å². The minimum Gasteiger partial charge on any atom is -0.330 e. The normalized spacial score (nSPS) is 10.8. The second kappa shape index (κ2) is 5.25. The zero-order valence-corrected chi connectivity index (χ0v) is 9.86. The van der Waals surface area contributed by atoms with Gasteiger partial charge in [0.15, 0.2) is 0 Å². The molecule has 0 fully saturated rings. The Labute approximate surface area is 103 Å². The number of halogens is 2. The summed E-state index contributed by atoms with van der Waals surface area (Å²) in [6.45, 7) is 1.000. The molecule has 0 atom stereocenters. The lowest BCUT2D eigenvalue weighted by molar-refractivity contribution is 0.614. The summed E-state index contributed by atoms with van der Waals surface area (Å²) in [7, 11) is 0. The first-order valence-electron chi connectivity index (χ1n) is 5.22. The van der Waals surface area contributed by atoms with E-state index < -0.39 is 5.82 Å². The molecule has 2 aromatic rings. The van der Waals surface area contributed by atoms with E-state index in [4.69, 9.17) is 17.3 Å². The predicted octanol–water partition coefficient (Wildman–Crippen LogP) is 1.62. The molecule has 17 heavy (non-hydrogen) atoms. The highest BCUT2D eigenvalue weighted by molar-refractivity contribution is 6.30. The van der Waals surface area contributed by atoms with Gasteiger partial charge in [-0.05, 0) is 24.2 Å². The third-order valence-electron chi connectivity index (χ3n) is 2.32. The number of aromatic nitrogens is 3. The lowest BCUT2D eigenvalue weighted by Gasteiger charge is -2.01. The summed E-state index contributed by atoms with van der Waals surface area (Å²) < 4.78 is 14.9. The van der Waals surface area contributed by atoms with Gasteiger partial charge < -0.3 is 5.73 Å². The summed E-state index contributed by atoms with van der Waals surface area (Å²) in [5.74, 6) is -0.425. The van der Waals surface area contributed by atoms with Crippen LogP contribution in [0, 0.1) is 5.82 Å². The van der Waals surface area contributed by atoms with Crippen LogP contribution in [-0.4, -0.2) is 21.5 Å². The number of nitrogens with two attached hydrogens (primary N) is 1. The highest BCUT2D eigenvalue weighted by Crippen LogP contribution is 2.16. The quantitative estimate of drug-likeness (QED) is 0.902. The lowest BCUT2D eigenvalue weighted by atomic mass is 10.2. The molecule has 0 bridgehead atoms. The highest BCUT2D eigenvalue weighted by Gasteiger charge is 2.04. The summed E-state index contributed by atoms with van der Waals surface area (Å²) in [6, 6.07) is 4.69. The summed E-state index contributed by atoms with van der Waals surface area (Å²) in [5, 5.41) is 8.01. The van der Waals surface area contributed by atoms with Crippen LogP contribution in [0.25, 0.3) is 0 Å². The largest absolute Gasteiger partial charge is 0.330 e. The maximum Gasteiger partial charge on any atom is 0.142 e. The van der Waals surface area contributed by atoms with Crippen molar-refractivity contribution in [2.24, 2.45) is 5.73 Å². The van der Waals surface area contributed by atoms with Gasteiger partial charge in [0.2, 0.25) is 0 Å². The molecule has 0 saturated heterocycles. The van der Waals surface area contributed by atoms with E-state index in [0.29, 0.717) is 19.5 Å². The van der Waals surface area contributed by atoms with Crippen molar-refractivity contribution in [2.45, 2.75) is 13.0 Å². The van der Waals surface area contributed by atoms with Crippen LogP contribution in [-0.2, 0) is 13.0 Å². The Morgan fingerprint density at radius 1 is 1.41 bits per heavy atom. The van der Waals surface area contributed by atoms with Crippen LogP contribution in [0.5, 0.6) is 0 Å². The van der Waals surface area contributed by atoms with Crippen molar-refractivity contribution in [1.29, 1.82) is 0 Å². The molecule has 2 rings (SSSR count). The fraction of sp³-hybridized carbons (Fsp3) is 0.273. The average molecular weight is 255 g/mol. The topological polar surface area (TPSA) is 56.7 Å². The van der Waals surface area contributed by atoms with Gasteiger partial charge in [-0.1, -0.05) is 22.9 Å². The first kappa shape index (κ1) is 12.0. The number of rotatable bonds is 4. The van der Waals surface area contributed by atoms with Crippen molar-refractivity contribution in [3.05, 3.63) is 46.5 Å². The van der Waals surface area contributed by atoms with E-state index >= 15 is 0 Å². The highest BCUT2D eigenvalue weighted by atomic mass is 35.5. The van der Waals surface area contributed by atoms with Crippen molar-refractivity contribution in [2.75, 3.05) is 6.54 Å². The van der Waals surface area contributed by atoms with E-state index in [0.717, 1.165) is 11.3 Å². The van der Waals surface area contributed by atoms with Gasteiger partial charge in [0.05, 0.1) is 17.3 Å². The third-order valence-corrected chi connectivity index (χ3v) is 2.62. The molecule has 0 aliphatic carbocycles. The fourth-order valence-electron chi connectivity index (χ4n) is 1.50. The minimum absolute atomic E-state index is 0.121. The molecular formula is C11H12ClFN4. The molecule has 0 amide bonds. The Kier molecular flexibility index (Phi) is 3.71. The molecular weight excluding hydrogens is 243 g/mol. The van der Waals surface area contributed by atoms with Crippen molar-refractivity contribution < 1.29 is 4.39 Å². The Morgan fingerprint density at radius 3 is 2.94 bits per heavy atom. The van der Waals surface area contributed by atoms with E-state index in [-0.39, 0.29) is 5.02 Å². The van der Waals surface area contributed by atoms with Gasteiger partial charge in [-0.2, -0.15) is 0 Å². The molecule has 1 aromatic carbocycles. The van der Waals surface area contributed by atoms with Crippen molar-refractivity contribution in [3.63, 3.8) is 0 Å². The maximum atomic E-state index is 13.2. The molecule has 0 aliphatic heterocycles. The van der Waals surface area contributed by atoms with E-state index in [1.54, 1.807) is 16.9 Å². The first-order valence-corrected chi connectivity index (χ1v) is 5.60. The minimum atomic E-state index is -0.425. The molecule has 2 N–H and O–H groups in total. The van der Waals surface area contributed by atoms with Gasteiger partial charge in [-0.25, -0.2) is 9.07 Å².